The van der Waals surface area contributed by atoms with Crippen molar-refractivity contribution in [2.24, 2.45) is 0 Å². The molecule has 4 N–H and O–H groups in total. The molecule has 0 bridgehead atoms. The van der Waals surface area contributed by atoms with Gasteiger partial charge in [-0.25, -0.2) is 0 Å². The van der Waals surface area contributed by atoms with Crippen molar-refractivity contribution in [3.05, 3.63) is 305 Å². The predicted octanol–water partition coefficient (Wildman–Crippen LogP) is 23.1. The highest BCUT2D eigenvalue weighted by Gasteiger charge is 2.37. The van der Waals surface area contributed by atoms with Crippen LogP contribution in [-0.2, 0) is 64.7 Å². The van der Waals surface area contributed by atoms with Crippen molar-refractivity contribution in [2.45, 2.75) is 112 Å². The third kappa shape index (κ3) is 21.8. The van der Waals surface area contributed by atoms with Gasteiger partial charge in [-0.3, -0.25) is 4.79 Å². The zero-order chi connectivity index (χ0) is 75.8. The van der Waals surface area contributed by atoms with Gasteiger partial charge < -0.3 is 68.6 Å². The fourth-order valence-corrected chi connectivity index (χ4v) is 14.1. The second-order valence-electron chi connectivity index (χ2n) is 26.4. The third-order valence-electron chi connectivity index (χ3n) is 18.2. The Morgan fingerprint density at radius 1 is 0.415 bits per heavy atom. The van der Waals surface area contributed by atoms with Crippen LogP contribution in [0.4, 0.5) is 45.5 Å². The molecule has 18 heteroatoms. The van der Waals surface area contributed by atoms with Gasteiger partial charge in [0.1, 0.15) is 0 Å². The number of methoxy groups -OCH3 is 2. The lowest BCUT2D eigenvalue weighted by Crippen LogP contribution is -2.23. The molecule has 4 aliphatic rings. The van der Waals surface area contributed by atoms with Gasteiger partial charge in [-0.1, -0.05) is 227 Å². The van der Waals surface area contributed by atoms with Crippen molar-refractivity contribution in [1.82, 2.24) is 0 Å². The van der Waals surface area contributed by atoms with E-state index in [2.05, 4.69) is 180 Å². The maximum atomic E-state index is 11.0. The number of rotatable bonds is 17. The summed E-state index contributed by atoms with van der Waals surface area (Å²) in [6.07, 6.45) is 0.321. The van der Waals surface area contributed by atoms with Gasteiger partial charge in [0.25, 0.3) is 0 Å². The minimum absolute atomic E-state index is 0.264. The zero-order valence-corrected chi connectivity index (χ0v) is 66.8. The molecule has 0 aromatic heterocycles. The molecule has 0 amide bonds. The van der Waals surface area contributed by atoms with E-state index in [1.54, 1.807) is 14.2 Å². The molecule has 558 valence electrons. The summed E-state index contributed by atoms with van der Waals surface area (Å²) < 4.78 is 57.8. The molecule has 0 spiro atoms. The van der Waals surface area contributed by atoms with Crippen molar-refractivity contribution in [2.75, 3.05) is 88.3 Å². The third-order valence-corrected chi connectivity index (χ3v) is 20.0. The molecule has 4 aliphatic heterocycles. The summed E-state index contributed by atoms with van der Waals surface area (Å²) in [6.45, 7) is 27.9. The molecule has 4 saturated heterocycles. The van der Waals surface area contributed by atoms with Gasteiger partial charge in [0.15, 0.2) is 36.2 Å². The Morgan fingerprint density at radius 3 is 1.29 bits per heavy atom. The molecule has 0 saturated carbocycles. The van der Waals surface area contributed by atoms with Gasteiger partial charge >= 0.3 is 0 Å². The number of carbonyl (C=O) groups is 1. The van der Waals surface area contributed by atoms with Gasteiger partial charge in [0, 0.05) is 96.4 Å². The maximum Gasteiger partial charge on any atom is 0.194 e. The first-order valence-electron chi connectivity index (χ1n) is 35.6. The highest BCUT2D eigenvalue weighted by Crippen LogP contribution is 2.42. The second-order valence-corrected chi connectivity index (χ2v) is 28.5. The number of para-hydroxylation sites is 7. The smallest absolute Gasteiger partial charge is 0.194 e. The molecule has 0 unspecified atom stereocenters. The number of benzene rings is 10. The molecule has 14 rings (SSSR count). The van der Waals surface area contributed by atoms with Gasteiger partial charge in [0.05, 0.1) is 63.6 Å². The van der Waals surface area contributed by atoms with Crippen molar-refractivity contribution in [3.8, 4) is 0 Å². The molecular weight excluding hydrogens is 1480 g/mol. The first-order chi connectivity index (χ1) is 51.1. The highest BCUT2D eigenvalue weighted by molar-refractivity contribution is 9.10. The Kier molecular flexibility index (Phi) is 30.7. The molecule has 4 heterocycles. The summed E-state index contributed by atoms with van der Waals surface area (Å²) in [5.74, 6) is -1.47. The number of carbonyl (C=O) groups excluding carboxylic acids is 1. The minimum Gasteiger partial charge on any atom is -0.355 e. The van der Waals surface area contributed by atoms with Gasteiger partial charge in [-0.2, -0.15) is 0 Å². The number of hydrogen-bond acceptors (Lipinski definition) is 15. The number of ether oxygens (including phenoxy) is 10. The summed E-state index contributed by atoms with van der Waals surface area (Å²) in [7, 11) is 3.24. The summed E-state index contributed by atoms with van der Waals surface area (Å²) in [4.78, 5) is 11.0. The van der Waals surface area contributed by atoms with Crippen LogP contribution in [0.1, 0.15) is 130 Å². The van der Waals surface area contributed by atoms with Crippen LogP contribution in [0, 0.1) is 41.5 Å². The Balaban J connectivity index is 0.000000149. The molecule has 10 aromatic rings. The lowest BCUT2D eigenvalue weighted by molar-refractivity contribution is -0.150. The van der Waals surface area contributed by atoms with Crippen LogP contribution in [0.3, 0.4) is 0 Å². The highest BCUT2D eigenvalue weighted by atomic mass is 79.9. The van der Waals surface area contributed by atoms with E-state index in [9.17, 15) is 4.79 Å². The standard InChI is InChI=1S/2C18H21NO2.C17H18ClNO2.C16H17NO.C10H11BrO2.C9H11BrO2/c1-13-7-6-8-14(2)17(13)19-16-10-5-4-9-15(16)18(3)20-11-12-21-18;1-13(2)14-7-3-5-9-16(14)19-17-10-6-4-8-15(17)18-20-11-12-21-18;1-12-6-5-8-14(18)16(12)19-15-9-4-3-7-13(15)17(2)20-10-11-21-17;1-11-8-12(2)16(13(3)9-11)17-15-7-5-4-6-14(15)10-18;1-10(12-6-7-13-10)8-4-2-3-5-9(8)11;1-11-9(12-2)7-5-3-4-6-8(7)10/h4-10,19H,11-12H2,1-3H3;3-10,13,18-19H,11-12H2,1-2H3;3-9,19H,10-11H2,1-2H3;4-10,17H,1-3H3;2-5H,6-7H2,1H3;3-6,9H,1-2H3. The zero-order valence-electron chi connectivity index (χ0n) is 62.9. The van der Waals surface area contributed by atoms with E-state index in [0.29, 0.717) is 69.4 Å². The average molecular weight is 1580 g/mol. The second kappa shape index (κ2) is 39.7. The Labute approximate surface area is 648 Å². The van der Waals surface area contributed by atoms with E-state index in [-0.39, 0.29) is 12.6 Å². The predicted molar refractivity (Wildman–Crippen MR) is 435 cm³/mol. The molecular formula is C88H99Br2ClN4O11. The average Bonchev–Trinajstić information content (AvgIpc) is 1.48. The Bertz CT molecular complexity index is 4290. The van der Waals surface area contributed by atoms with E-state index in [1.165, 1.54) is 33.4 Å². The van der Waals surface area contributed by atoms with Crippen molar-refractivity contribution < 1.29 is 52.2 Å². The lowest BCUT2D eigenvalue weighted by Gasteiger charge is -2.26. The van der Waals surface area contributed by atoms with E-state index in [0.717, 1.165) is 94.1 Å². The fraction of sp³-hybridized carbons (Fsp3) is 0.307. The number of aldehydes is 1. The first-order valence-corrected chi connectivity index (χ1v) is 37.6. The Morgan fingerprint density at radius 2 is 0.802 bits per heavy atom. The number of hydrogen-bond donors (Lipinski definition) is 4. The van der Waals surface area contributed by atoms with Crippen LogP contribution in [-0.4, -0.2) is 73.4 Å². The molecule has 0 aliphatic carbocycles. The summed E-state index contributed by atoms with van der Waals surface area (Å²) in [5, 5.41) is 14.6. The van der Waals surface area contributed by atoms with Crippen LogP contribution < -0.4 is 21.3 Å². The minimum atomic E-state index is -0.710. The molecule has 10 aromatic carbocycles. The quantitative estimate of drug-likeness (QED) is 0.0504. The normalized spacial score (nSPS) is 15.2. The van der Waals surface area contributed by atoms with Crippen LogP contribution in [0.15, 0.2) is 227 Å². The molecule has 0 radical (unpaired) electrons. The Hall–Kier alpha value is -8.08. The van der Waals surface area contributed by atoms with Crippen molar-refractivity contribution in [1.29, 1.82) is 0 Å². The molecule has 4 fully saturated rings. The number of anilines is 8. The summed E-state index contributed by atoms with van der Waals surface area (Å²) in [6, 6.07) is 72.5. The van der Waals surface area contributed by atoms with Crippen LogP contribution in [0.2, 0.25) is 5.02 Å². The SMILES string of the molecule is CC(C)c1ccccc1Nc1ccccc1C1OCCO1.CC1(c2ccccc2Br)OCCO1.COC(OC)c1ccccc1Br.Cc1cc(C)c(Nc2ccccc2C=O)c(C)c1.Cc1cccc(C)c1Nc1ccccc1C1(C)OCCO1.Cc1cccc(Cl)c1Nc1ccccc1C1(C)OCCO1. The lowest BCUT2D eigenvalue weighted by atomic mass is 10.0. The molecule has 106 heavy (non-hydrogen) atoms. The molecule has 15 nitrogen and oxygen atoms in total. The van der Waals surface area contributed by atoms with Crippen LogP contribution in [0.25, 0.3) is 0 Å². The van der Waals surface area contributed by atoms with E-state index in [4.69, 9.17) is 59.0 Å². The summed E-state index contributed by atoms with van der Waals surface area (Å²) in [5.41, 5.74) is 22.4. The van der Waals surface area contributed by atoms with Gasteiger partial charge in [-0.15, -0.1) is 0 Å². The maximum absolute atomic E-state index is 11.0. The van der Waals surface area contributed by atoms with Crippen molar-refractivity contribution >= 4 is 95.2 Å². The van der Waals surface area contributed by atoms with Crippen LogP contribution in [0.5, 0.6) is 0 Å². The fourth-order valence-electron chi connectivity index (χ4n) is 12.7. The summed E-state index contributed by atoms with van der Waals surface area (Å²) >= 11 is 13.2. The number of halogens is 3. The number of nitrogens with one attached hydrogen (secondary N) is 4. The van der Waals surface area contributed by atoms with E-state index >= 15 is 0 Å². The number of aryl methyl sites for hydroxylation is 6. The van der Waals surface area contributed by atoms with Gasteiger partial charge in [-0.05, 0) is 156 Å². The van der Waals surface area contributed by atoms with Gasteiger partial charge in [0.2, 0.25) is 0 Å². The van der Waals surface area contributed by atoms with Crippen molar-refractivity contribution in [3.63, 3.8) is 0 Å². The van der Waals surface area contributed by atoms with E-state index < -0.39 is 17.4 Å². The largest absolute Gasteiger partial charge is 0.355 e. The monoisotopic (exact) mass is 1580 g/mol. The first kappa shape index (κ1) is 82.0. The molecule has 0 atom stereocenters. The topological polar surface area (TPSA) is 157 Å². The van der Waals surface area contributed by atoms with E-state index in [1.807, 2.05) is 167 Å². The van der Waals surface area contributed by atoms with Crippen LogP contribution >= 0.6 is 43.5 Å².